The molecule has 0 heterocycles. The topological polar surface area (TPSA) is 0 Å². The molecule has 1 aromatic rings. The van der Waals surface area contributed by atoms with E-state index in [0.717, 1.165) is 0 Å². The molecular weight excluding hydrogens is 149 g/mol. The Balaban J connectivity index is 3.13. The smallest absolute Gasteiger partial charge is 0.0592 e. The van der Waals surface area contributed by atoms with Crippen LogP contribution in [0.15, 0.2) is 24.3 Å². The van der Waals surface area contributed by atoms with E-state index >= 15 is 0 Å². The lowest BCUT2D eigenvalue weighted by molar-refractivity contribution is 1.71. The SMILES string of the molecule is Cl[13c]1[13cH][13cH][13cH][13cH][13c]1Cl. The first-order valence-corrected chi connectivity index (χ1v) is 2.96. The molecule has 0 saturated carbocycles. The van der Waals surface area contributed by atoms with Crippen LogP contribution in [0.4, 0.5) is 0 Å². The molecule has 0 radical (unpaired) electrons. The van der Waals surface area contributed by atoms with Crippen LogP contribution in [0.2, 0.25) is 10.0 Å². The van der Waals surface area contributed by atoms with Gasteiger partial charge >= 0.3 is 0 Å². The van der Waals surface area contributed by atoms with Crippen molar-refractivity contribution in [3.8, 4) is 0 Å². The average molecular weight is 153 g/mol. The maximum atomic E-state index is 5.58. The van der Waals surface area contributed by atoms with Crippen LogP contribution >= 0.6 is 23.2 Å². The Morgan fingerprint density at radius 2 is 1.25 bits per heavy atom. The van der Waals surface area contributed by atoms with Gasteiger partial charge in [0.05, 0.1) is 10.0 Å². The lowest BCUT2D eigenvalue weighted by Crippen LogP contribution is -1.62. The van der Waals surface area contributed by atoms with Gasteiger partial charge in [-0.1, -0.05) is 35.3 Å². The molecule has 0 saturated heterocycles. The molecule has 2 heteroatoms. The van der Waals surface area contributed by atoms with Gasteiger partial charge in [0.1, 0.15) is 0 Å². The van der Waals surface area contributed by atoms with E-state index in [9.17, 15) is 0 Å². The Hall–Kier alpha value is -0.200. The van der Waals surface area contributed by atoms with Gasteiger partial charge in [0, 0.05) is 0 Å². The molecule has 0 fully saturated rings. The standard InChI is InChI=1S/C6H4Cl2/c7-5-3-1-2-4-6(5)8/h1-4H/i1+1,2+1,3+1,4+1,5+1,6+1. The summed E-state index contributed by atoms with van der Waals surface area (Å²) in [5.74, 6) is 0. The van der Waals surface area contributed by atoms with E-state index in [4.69, 9.17) is 23.2 Å². The molecule has 1 aromatic carbocycles. The molecule has 0 N–H and O–H groups in total. The number of hydrogen-bond donors (Lipinski definition) is 0. The second-order valence-corrected chi connectivity index (χ2v) is 2.23. The molecule has 0 atom stereocenters. The molecule has 0 aliphatic rings. The lowest BCUT2D eigenvalue weighted by atomic mass is 11.4. The van der Waals surface area contributed by atoms with Gasteiger partial charge in [-0.3, -0.25) is 0 Å². The zero-order valence-electron chi connectivity index (χ0n) is 4.07. The number of hydrogen-bond acceptors (Lipinski definition) is 0. The second-order valence-electron chi connectivity index (χ2n) is 1.41. The van der Waals surface area contributed by atoms with Crippen LogP contribution in [0.25, 0.3) is 0 Å². The summed E-state index contributed by atoms with van der Waals surface area (Å²) >= 11 is 11.2. The Labute approximate surface area is 58.0 Å². The highest BCUT2D eigenvalue weighted by Crippen LogP contribution is 2.19. The van der Waals surface area contributed by atoms with Crippen LogP contribution in [0.5, 0.6) is 0 Å². The monoisotopic (exact) mass is 152 g/mol. The fourth-order valence-corrected chi connectivity index (χ4v) is 0.711. The highest BCUT2D eigenvalue weighted by molar-refractivity contribution is 6.41. The van der Waals surface area contributed by atoms with Gasteiger partial charge in [-0.25, -0.2) is 0 Å². The van der Waals surface area contributed by atoms with E-state index < -0.39 is 0 Å². The van der Waals surface area contributed by atoms with Crippen molar-refractivity contribution in [3.05, 3.63) is 34.3 Å². The summed E-state index contributed by atoms with van der Waals surface area (Å²) < 4.78 is 0. The molecule has 0 aliphatic heterocycles. The summed E-state index contributed by atoms with van der Waals surface area (Å²) in [6.07, 6.45) is 0. The summed E-state index contributed by atoms with van der Waals surface area (Å²) in [4.78, 5) is 0. The highest BCUT2D eigenvalue weighted by Gasteiger charge is 1.89. The molecule has 1 rings (SSSR count). The number of benzene rings is 1. The number of rotatable bonds is 0. The first kappa shape index (κ1) is 5.93. The van der Waals surface area contributed by atoms with E-state index in [0.29, 0.717) is 10.0 Å². The summed E-state index contributed by atoms with van der Waals surface area (Å²) in [6.45, 7) is 0. The van der Waals surface area contributed by atoms with E-state index in [1.807, 2.05) is 12.1 Å². The largest absolute Gasteiger partial charge is 0.0827 e. The zero-order valence-corrected chi connectivity index (χ0v) is 5.58. The van der Waals surface area contributed by atoms with Crippen molar-refractivity contribution in [2.75, 3.05) is 0 Å². The quantitative estimate of drug-likeness (QED) is 0.537. The molecule has 42 valence electrons. The fraction of sp³-hybridized carbons (Fsp3) is 0. The van der Waals surface area contributed by atoms with E-state index in [2.05, 4.69) is 0 Å². The summed E-state index contributed by atoms with van der Waals surface area (Å²) in [5, 5.41) is 1.21. The van der Waals surface area contributed by atoms with Gasteiger partial charge < -0.3 is 0 Å². The van der Waals surface area contributed by atoms with Crippen molar-refractivity contribution in [1.82, 2.24) is 0 Å². The van der Waals surface area contributed by atoms with Gasteiger partial charge in [0.15, 0.2) is 0 Å². The van der Waals surface area contributed by atoms with Crippen LogP contribution in [0.3, 0.4) is 0 Å². The van der Waals surface area contributed by atoms with Crippen LogP contribution in [0, 0.1) is 0 Å². The van der Waals surface area contributed by atoms with Crippen LogP contribution < -0.4 is 0 Å². The van der Waals surface area contributed by atoms with Gasteiger partial charge in [-0.15, -0.1) is 0 Å². The third kappa shape index (κ3) is 1.15. The fourth-order valence-electron chi connectivity index (χ4n) is 0.439. The molecule has 0 unspecified atom stereocenters. The Morgan fingerprint density at radius 1 is 0.875 bits per heavy atom. The van der Waals surface area contributed by atoms with Crippen LogP contribution in [0.1, 0.15) is 0 Å². The van der Waals surface area contributed by atoms with Gasteiger partial charge in [-0.05, 0) is 12.1 Å². The van der Waals surface area contributed by atoms with E-state index in [1.54, 1.807) is 12.1 Å². The summed E-state index contributed by atoms with van der Waals surface area (Å²) in [7, 11) is 0. The molecule has 0 bridgehead atoms. The molecule has 0 amide bonds. The molecular formula is C6H4Cl2. The third-order valence-corrected chi connectivity index (χ3v) is 1.58. The van der Waals surface area contributed by atoms with Crippen molar-refractivity contribution in [3.63, 3.8) is 0 Å². The first-order chi connectivity index (χ1) is 3.80. The molecule has 0 nitrogen and oxygen atoms in total. The van der Waals surface area contributed by atoms with Crippen molar-refractivity contribution >= 4 is 23.2 Å². The number of halogens is 2. The van der Waals surface area contributed by atoms with Crippen molar-refractivity contribution in [1.29, 1.82) is 0 Å². The minimum absolute atomic E-state index is 0.606. The molecule has 0 spiro atoms. The minimum Gasteiger partial charge on any atom is -0.0827 e. The van der Waals surface area contributed by atoms with Crippen LogP contribution in [-0.2, 0) is 0 Å². The Kier molecular flexibility index (Phi) is 1.77. The van der Waals surface area contributed by atoms with Crippen molar-refractivity contribution in [2.45, 2.75) is 0 Å². The summed E-state index contributed by atoms with van der Waals surface area (Å²) in [6, 6.07) is 7.19. The maximum absolute atomic E-state index is 5.58. The highest BCUT2D eigenvalue weighted by atomic mass is 35.5. The van der Waals surface area contributed by atoms with E-state index in [1.165, 1.54) is 0 Å². The van der Waals surface area contributed by atoms with Gasteiger partial charge in [-0.2, -0.15) is 0 Å². The lowest BCUT2D eigenvalue weighted by Gasteiger charge is -1.88. The predicted molar refractivity (Wildman–Crippen MR) is 36.5 cm³/mol. The molecule has 0 aliphatic carbocycles. The van der Waals surface area contributed by atoms with Gasteiger partial charge in [0.25, 0.3) is 0 Å². The molecule has 0 aromatic heterocycles. The van der Waals surface area contributed by atoms with Gasteiger partial charge in [0.2, 0.25) is 0 Å². The third-order valence-electron chi connectivity index (χ3n) is 0.824. The van der Waals surface area contributed by atoms with Crippen molar-refractivity contribution < 1.29 is 0 Å². The normalized spacial score (nSPS) is 9.25. The first-order valence-electron chi connectivity index (χ1n) is 2.21. The maximum Gasteiger partial charge on any atom is 0.0592 e. The predicted octanol–water partition coefficient (Wildman–Crippen LogP) is 2.99. The Morgan fingerprint density at radius 3 is 1.50 bits per heavy atom. The Bertz CT molecular complexity index is 163. The van der Waals surface area contributed by atoms with Crippen molar-refractivity contribution in [2.24, 2.45) is 0 Å². The summed E-state index contributed by atoms with van der Waals surface area (Å²) in [5.41, 5.74) is 0. The minimum atomic E-state index is 0.606. The van der Waals surface area contributed by atoms with E-state index in [-0.39, 0.29) is 0 Å². The average Bonchev–Trinajstić information content (AvgIpc) is 1.77. The second kappa shape index (κ2) is 2.38. The van der Waals surface area contributed by atoms with Crippen LogP contribution in [-0.4, -0.2) is 0 Å². The molecule has 8 heavy (non-hydrogen) atoms. The zero-order chi connectivity index (χ0) is 5.98.